The molecule has 4 aromatic rings. The number of alkyl halides is 6. The van der Waals surface area contributed by atoms with Crippen LogP contribution in [0.1, 0.15) is 53.5 Å². The number of fused-ring (bicyclic) bond motifs is 4. The minimum atomic E-state index is -5.24. The monoisotopic (exact) mass is 803 g/mol. The van der Waals surface area contributed by atoms with E-state index in [9.17, 15) is 45.8 Å². The lowest BCUT2D eigenvalue weighted by molar-refractivity contribution is -0.143. The van der Waals surface area contributed by atoms with Gasteiger partial charge >= 0.3 is 12.4 Å². The van der Waals surface area contributed by atoms with Crippen LogP contribution in [-0.4, -0.2) is 40.4 Å². The molecule has 300 valence electrons. The first kappa shape index (κ1) is 38.7. The molecule has 0 bridgehead atoms. The van der Waals surface area contributed by atoms with Crippen molar-refractivity contribution in [1.82, 2.24) is 5.01 Å². The molecule has 2 N–H and O–H groups in total. The van der Waals surface area contributed by atoms with Gasteiger partial charge in [0, 0.05) is 11.5 Å². The average molecular weight is 804 g/mol. The molecular formula is C43H35F6N3O6. The molecule has 0 spiro atoms. The molecule has 4 aromatic carbocycles. The standard InChI is InChI=1S/C43H35F6N3O6/c1-3-58-33-11-7-10-30(36(33)53)35-28-16-17-29-34(39(56)51(37(29)54)27-19-24(42(44,45)46)18-25(20-27)43(47,48)49)31(28)21-32-38(55)52(50-26-14-12-22(2)13-15-26)40(57)41(32,35)23-8-5-4-6-9-23/h4-16,18-20,29,31-32,34-35,50,53H,3,17,21H2,1-2H3/t29-,31+,32-,34-,35+,41+/m0/s1. The Morgan fingerprint density at radius 3 is 2.09 bits per heavy atom. The van der Waals surface area contributed by atoms with Gasteiger partial charge in [-0.05, 0) is 74.6 Å². The summed E-state index contributed by atoms with van der Waals surface area (Å²) in [6, 6.07) is 20.7. The van der Waals surface area contributed by atoms with Crippen LogP contribution in [0, 0.1) is 30.6 Å². The first-order valence-corrected chi connectivity index (χ1v) is 18.6. The molecule has 9 nitrogen and oxygen atoms in total. The number of amides is 4. The summed E-state index contributed by atoms with van der Waals surface area (Å²) < 4.78 is 89.4. The Bertz CT molecular complexity index is 2350. The molecule has 15 heteroatoms. The molecule has 8 rings (SSSR count). The quantitative estimate of drug-likeness (QED) is 0.110. The van der Waals surface area contributed by atoms with Crippen molar-refractivity contribution in [2.75, 3.05) is 16.9 Å². The minimum Gasteiger partial charge on any atom is -0.504 e. The summed E-state index contributed by atoms with van der Waals surface area (Å²) in [5, 5.41) is 12.8. The van der Waals surface area contributed by atoms with E-state index in [1.807, 2.05) is 6.92 Å². The highest BCUT2D eigenvalue weighted by Crippen LogP contribution is 2.65. The van der Waals surface area contributed by atoms with Gasteiger partial charge in [-0.3, -0.25) is 24.6 Å². The number of hydrogen-bond acceptors (Lipinski definition) is 7. The zero-order chi connectivity index (χ0) is 41.5. The number of anilines is 2. The van der Waals surface area contributed by atoms with Gasteiger partial charge in [-0.2, -0.15) is 31.4 Å². The molecule has 0 unspecified atom stereocenters. The summed E-state index contributed by atoms with van der Waals surface area (Å²) in [5.41, 5.74) is -0.757. The van der Waals surface area contributed by atoms with E-state index < -0.39 is 87.8 Å². The first-order valence-electron chi connectivity index (χ1n) is 18.6. The van der Waals surface area contributed by atoms with E-state index >= 15 is 4.79 Å². The van der Waals surface area contributed by atoms with Crippen LogP contribution in [-0.2, 0) is 36.9 Å². The van der Waals surface area contributed by atoms with E-state index in [2.05, 4.69) is 5.43 Å². The van der Waals surface area contributed by atoms with E-state index in [0.29, 0.717) is 33.9 Å². The van der Waals surface area contributed by atoms with Gasteiger partial charge in [-0.25, -0.2) is 4.90 Å². The van der Waals surface area contributed by atoms with E-state index in [1.165, 1.54) is 6.07 Å². The largest absolute Gasteiger partial charge is 0.504 e. The second-order valence-electron chi connectivity index (χ2n) is 15.0. The summed E-state index contributed by atoms with van der Waals surface area (Å²) in [6.45, 7) is 3.73. The van der Waals surface area contributed by atoms with E-state index in [-0.39, 0.29) is 42.6 Å². The number of halogens is 6. The number of aromatic hydroxyl groups is 1. The topological polar surface area (TPSA) is 116 Å². The Morgan fingerprint density at radius 1 is 0.810 bits per heavy atom. The van der Waals surface area contributed by atoms with Gasteiger partial charge in [0.15, 0.2) is 11.5 Å². The fraction of sp³-hybridized carbons (Fsp3) is 0.302. The van der Waals surface area contributed by atoms with Crippen LogP contribution in [0.4, 0.5) is 37.7 Å². The van der Waals surface area contributed by atoms with E-state index in [4.69, 9.17) is 4.74 Å². The van der Waals surface area contributed by atoms with Crippen molar-refractivity contribution in [2.24, 2.45) is 23.7 Å². The highest BCUT2D eigenvalue weighted by Gasteiger charge is 2.70. The fourth-order valence-corrected chi connectivity index (χ4v) is 9.46. The van der Waals surface area contributed by atoms with Crippen LogP contribution in [0.3, 0.4) is 0 Å². The predicted molar refractivity (Wildman–Crippen MR) is 197 cm³/mol. The number of phenolic OH excluding ortho intramolecular Hbond substituents is 1. The third-order valence-corrected chi connectivity index (χ3v) is 11.9. The number of hydrogen-bond donors (Lipinski definition) is 2. The van der Waals surface area contributed by atoms with Gasteiger partial charge < -0.3 is 9.84 Å². The molecule has 2 heterocycles. The smallest absolute Gasteiger partial charge is 0.416 e. The summed E-state index contributed by atoms with van der Waals surface area (Å²) in [4.78, 5) is 59.2. The number of carbonyl (C=O) groups excluding carboxylic acids is 4. The van der Waals surface area contributed by atoms with Gasteiger partial charge in [0.2, 0.25) is 11.8 Å². The first-order chi connectivity index (χ1) is 27.5. The predicted octanol–water partition coefficient (Wildman–Crippen LogP) is 8.33. The van der Waals surface area contributed by atoms with Crippen molar-refractivity contribution in [3.8, 4) is 11.5 Å². The number of allylic oxidation sites excluding steroid dienone is 2. The van der Waals surface area contributed by atoms with Crippen molar-refractivity contribution < 1.29 is 55.4 Å². The van der Waals surface area contributed by atoms with Crippen molar-refractivity contribution in [2.45, 2.75) is 50.4 Å². The molecule has 58 heavy (non-hydrogen) atoms. The van der Waals surface area contributed by atoms with Gasteiger partial charge in [0.05, 0.1) is 52.3 Å². The lowest BCUT2D eigenvalue weighted by Gasteiger charge is -2.50. The van der Waals surface area contributed by atoms with Crippen LogP contribution in [0.25, 0.3) is 0 Å². The Morgan fingerprint density at radius 2 is 1.47 bits per heavy atom. The minimum absolute atomic E-state index is 0.0749. The van der Waals surface area contributed by atoms with E-state index in [0.717, 1.165) is 10.6 Å². The number of nitrogens with zero attached hydrogens (tertiary/aromatic N) is 2. The van der Waals surface area contributed by atoms with E-state index in [1.54, 1.807) is 79.7 Å². The highest BCUT2D eigenvalue weighted by molar-refractivity contribution is 6.22. The number of benzene rings is 4. The summed E-state index contributed by atoms with van der Waals surface area (Å²) in [7, 11) is 0. The molecular weight excluding hydrogens is 768 g/mol. The zero-order valence-electron chi connectivity index (χ0n) is 30.9. The maximum absolute atomic E-state index is 15.3. The number of para-hydroxylation sites is 1. The number of carbonyl (C=O) groups is 4. The number of rotatable bonds is 7. The van der Waals surface area contributed by atoms with Gasteiger partial charge in [-0.1, -0.05) is 71.8 Å². The molecule has 3 fully saturated rings. The molecule has 2 aliphatic carbocycles. The number of aryl methyl sites for hydroxylation is 1. The van der Waals surface area contributed by atoms with Crippen LogP contribution in [0.5, 0.6) is 11.5 Å². The third-order valence-electron chi connectivity index (χ3n) is 11.9. The number of phenols is 1. The summed E-state index contributed by atoms with van der Waals surface area (Å²) in [6.07, 6.45) is -9.21. The van der Waals surface area contributed by atoms with Gasteiger partial charge in [0.1, 0.15) is 0 Å². The number of ether oxygens (including phenoxy) is 1. The lowest BCUT2D eigenvalue weighted by atomic mass is 9.49. The highest BCUT2D eigenvalue weighted by atomic mass is 19.4. The van der Waals surface area contributed by atoms with Crippen LogP contribution < -0.4 is 15.1 Å². The molecule has 2 saturated heterocycles. The number of imide groups is 2. The molecule has 2 aliphatic heterocycles. The lowest BCUT2D eigenvalue weighted by Crippen LogP contribution is -2.53. The second-order valence-corrected chi connectivity index (χ2v) is 15.0. The van der Waals surface area contributed by atoms with Crippen molar-refractivity contribution in [1.29, 1.82) is 0 Å². The number of nitrogens with one attached hydrogen (secondary N) is 1. The molecule has 0 radical (unpaired) electrons. The average Bonchev–Trinajstić information content (AvgIpc) is 3.57. The Labute approximate surface area is 327 Å². The normalized spacial score (nSPS) is 25.7. The van der Waals surface area contributed by atoms with Crippen LogP contribution >= 0.6 is 0 Å². The Kier molecular flexibility index (Phi) is 9.20. The third kappa shape index (κ3) is 5.92. The maximum Gasteiger partial charge on any atom is 0.416 e. The number of hydrazine groups is 1. The van der Waals surface area contributed by atoms with Crippen molar-refractivity contribution in [3.63, 3.8) is 0 Å². The molecule has 4 amide bonds. The Hall–Kier alpha value is -6.12. The van der Waals surface area contributed by atoms with Crippen LogP contribution in [0.15, 0.2) is 103 Å². The van der Waals surface area contributed by atoms with Crippen molar-refractivity contribution in [3.05, 3.63) is 130 Å². The molecule has 6 atom stereocenters. The molecule has 4 aliphatic rings. The van der Waals surface area contributed by atoms with Crippen LogP contribution in [0.2, 0.25) is 0 Å². The SMILES string of the molecule is CCOc1cccc([C@H]2C3=CC[C@@H]4C(=O)N(c5cc(C(F)(F)F)cc(C(F)(F)F)c5)C(=O)[C@@H]4[C@@H]3C[C@H]3C(=O)N(Nc4ccc(C)cc4)C(=O)[C@@]23c2ccccc2)c1O. The van der Waals surface area contributed by atoms with Gasteiger partial charge in [0.25, 0.3) is 11.8 Å². The van der Waals surface area contributed by atoms with Crippen molar-refractivity contribution >= 4 is 35.0 Å². The van der Waals surface area contributed by atoms with Gasteiger partial charge in [-0.15, -0.1) is 0 Å². The molecule has 1 saturated carbocycles. The Balaban J connectivity index is 1.32. The molecule has 0 aromatic heterocycles. The second kappa shape index (κ2) is 13.8. The summed E-state index contributed by atoms with van der Waals surface area (Å²) >= 11 is 0. The summed E-state index contributed by atoms with van der Waals surface area (Å²) in [5.74, 6) is -9.64. The fourth-order valence-electron chi connectivity index (χ4n) is 9.46. The maximum atomic E-state index is 15.3. The zero-order valence-corrected chi connectivity index (χ0v) is 30.9.